The summed E-state index contributed by atoms with van der Waals surface area (Å²) in [6.45, 7) is 17.5. The van der Waals surface area contributed by atoms with Crippen molar-refractivity contribution < 1.29 is 0 Å². The van der Waals surface area contributed by atoms with Crippen molar-refractivity contribution in [1.29, 1.82) is 0 Å². The second kappa shape index (κ2) is 13.9. The van der Waals surface area contributed by atoms with E-state index in [0.29, 0.717) is 0 Å². The Bertz CT molecular complexity index is 3050. The van der Waals surface area contributed by atoms with Crippen LogP contribution in [0.4, 0.5) is 45.5 Å². The van der Waals surface area contributed by atoms with Crippen LogP contribution in [0.3, 0.4) is 0 Å². The summed E-state index contributed by atoms with van der Waals surface area (Å²) in [6.07, 6.45) is 0. The number of aryl methyl sites for hydroxylation is 9. The first-order valence-electron chi connectivity index (χ1n) is 21.1. The Labute approximate surface area is 354 Å². The van der Waals surface area contributed by atoms with Crippen LogP contribution in [0.25, 0.3) is 43.7 Å². The van der Waals surface area contributed by atoms with Crippen LogP contribution < -0.4 is 14.7 Å². The van der Waals surface area contributed by atoms with Crippen molar-refractivity contribution in [2.45, 2.75) is 55.4 Å². The predicted octanol–water partition coefficient (Wildman–Crippen LogP) is 15.6. The molecule has 0 fully saturated rings. The number of hydrogen-bond acceptors (Lipinski definition) is 3. The zero-order valence-electron chi connectivity index (χ0n) is 36.5. The minimum absolute atomic E-state index is 1.14. The first-order valence-corrected chi connectivity index (χ1v) is 21.1. The molecule has 0 bridgehead atoms. The SMILES string of the molecule is Cc1cc(C)cc(N(c2cc(C)cc(C)c2)c2ccc3c(c2)N(C)c2cccc4c2c-3cc2c4c3ccc(N(c4cc(C)cc(C)c4)c4cc(C)cc(C)c4)cc3n2C)c1. The maximum atomic E-state index is 2.45. The number of rotatable bonds is 6. The fourth-order valence-electron chi connectivity index (χ4n) is 10.3. The molecular formula is C56H52N4. The van der Waals surface area contributed by atoms with E-state index in [1.807, 2.05) is 0 Å². The molecule has 0 radical (unpaired) electrons. The van der Waals surface area contributed by atoms with Crippen molar-refractivity contribution >= 4 is 78.1 Å². The summed E-state index contributed by atoms with van der Waals surface area (Å²) in [6, 6.07) is 50.8. The highest BCUT2D eigenvalue weighted by Gasteiger charge is 2.27. The fourth-order valence-corrected chi connectivity index (χ4v) is 10.3. The van der Waals surface area contributed by atoms with Gasteiger partial charge in [-0.15, -0.1) is 0 Å². The minimum Gasteiger partial charge on any atom is -0.344 e. The molecule has 0 saturated carbocycles. The zero-order valence-corrected chi connectivity index (χ0v) is 36.5. The number of nitrogens with zero attached hydrogens (tertiary/aromatic N) is 4. The van der Waals surface area contributed by atoms with E-state index in [-0.39, 0.29) is 0 Å². The number of fused-ring (bicyclic) bond motifs is 6. The molecule has 1 aliphatic rings. The molecule has 0 saturated heterocycles. The zero-order chi connectivity index (χ0) is 41.7. The van der Waals surface area contributed by atoms with E-state index in [1.165, 1.54) is 122 Å². The number of benzene rings is 8. The van der Waals surface area contributed by atoms with Crippen molar-refractivity contribution in [2.75, 3.05) is 21.7 Å². The predicted molar refractivity (Wildman–Crippen MR) is 259 cm³/mol. The van der Waals surface area contributed by atoms with Gasteiger partial charge in [0.15, 0.2) is 0 Å². The lowest BCUT2D eigenvalue weighted by Gasteiger charge is -2.33. The van der Waals surface area contributed by atoms with Gasteiger partial charge in [0.1, 0.15) is 0 Å². The summed E-state index contributed by atoms with van der Waals surface area (Å²) in [4.78, 5) is 7.25. The van der Waals surface area contributed by atoms with Gasteiger partial charge in [0.05, 0.1) is 16.7 Å². The summed E-state index contributed by atoms with van der Waals surface area (Å²) < 4.78 is 2.41. The van der Waals surface area contributed by atoms with Crippen molar-refractivity contribution in [1.82, 2.24) is 4.57 Å². The normalized spacial score (nSPS) is 12.1. The van der Waals surface area contributed by atoms with Gasteiger partial charge in [-0.1, -0.05) is 48.5 Å². The summed E-state index contributed by atoms with van der Waals surface area (Å²) in [5, 5.41) is 5.15. The molecule has 1 aliphatic heterocycles. The van der Waals surface area contributed by atoms with E-state index in [0.717, 1.165) is 11.4 Å². The molecule has 0 amide bonds. The van der Waals surface area contributed by atoms with Crippen molar-refractivity contribution in [3.63, 3.8) is 0 Å². The van der Waals surface area contributed by atoms with Crippen LogP contribution >= 0.6 is 0 Å². The van der Waals surface area contributed by atoms with Crippen LogP contribution in [0.15, 0.2) is 133 Å². The average Bonchev–Trinajstić information content (AvgIpc) is 3.46. The van der Waals surface area contributed by atoms with Crippen molar-refractivity contribution in [3.8, 4) is 11.1 Å². The Hall–Kier alpha value is -6.78. The Morgan fingerprint density at radius 3 is 1.27 bits per heavy atom. The van der Waals surface area contributed by atoms with Crippen LogP contribution in [-0.2, 0) is 7.05 Å². The van der Waals surface area contributed by atoms with Crippen LogP contribution in [-0.4, -0.2) is 11.6 Å². The van der Waals surface area contributed by atoms with E-state index in [1.54, 1.807) is 0 Å². The van der Waals surface area contributed by atoms with Crippen LogP contribution in [0, 0.1) is 55.4 Å². The first kappa shape index (κ1) is 37.5. The summed E-state index contributed by atoms with van der Waals surface area (Å²) in [7, 11) is 4.46. The fraction of sp³-hybridized carbons (Fsp3) is 0.179. The number of aromatic nitrogens is 1. The molecule has 4 nitrogen and oxygen atoms in total. The number of anilines is 8. The van der Waals surface area contributed by atoms with Crippen molar-refractivity contribution in [2.24, 2.45) is 7.05 Å². The molecule has 0 N–H and O–H groups in total. The molecule has 0 spiro atoms. The monoisotopic (exact) mass is 780 g/mol. The third-order valence-electron chi connectivity index (χ3n) is 12.5. The Kier molecular flexibility index (Phi) is 8.69. The second-order valence-corrected chi connectivity index (χ2v) is 17.6. The molecule has 296 valence electrons. The average molecular weight is 781 g/mol. The van der Waals surface area contributed by atoms with E-state index in [2.05, 4.69) is 222 Å². The van der Waals surface area contributed by atoms with Gasteiger partial charge in [-0.05, 0) is 196 Å². The van der Waals surface area contributed by atoms with Crippen LogP contribution in [0.2, 0.25) is 0 Å². The highest BCUT2D eigenvalue weighted by molar-refractivity contribution is 6.28. The van der Waals surface area contributed by atoms with Gasteiger partial charge in [0.2, 0.25) is 0 Å². The second-order valence-electron chi connectivity index (χ2n) is 17.6. The summed E-state index contributed by atoms with van der Waals surface area (Å²) >= 11 is 0. The van der Waals surface area contributed by atoms with Gasteiger partial charge in [0, 0.05) is 75.6 Å². The number of hydrogen-bond donors (Lipinski definition) is 0. The highest BCUT2D eigenvalue weighted by Crippen LogP contribution is 2.52. The van der Waals surface area contributed by atoms with E-state index in [9.17, 15) is 0 Å². The maximum absolute atomic E-state index is 2.45. The molecule has 10 rings (SSSR count). The Balaban J connectivity index is 1.17. The topological polar surface area (TPSA) is 14.7 Å². The van der Waals surface area contributed by atoms with Crippen LogP contribution in [0.5, 0.6) is 0 Å². The van der Waals surface area contributed by atoms with Crippen LogP contribution in [0.1, 0.15) is 44.5 Å². The van der Waals surface area contributed by atoms with Gasteiger partial charge >= 0.3 is 0 Å². The third kappa shape index (κ3) is 6.13. The Morgan fingerprint density at radius 1 is 0.333 bits per heavy atom. The quantitative estimate of drug-likeness (QED) is 0.167. The molecule has 1 aromatic heterocycles. The molecule has 0 unspecified atom stereocenters. The lowest BCUT2D eigenvalue weighted by Crippen LogP contribution is -2.17. The minimum atomic E-state index is 1.14. The highest BCUT2D eigenvalue weighted by atomic mass is 15.2. The van der Waals surface area contributed by atoms with Gasteiger partial charge in [-0.25, -0.2) is 0 Å². The van der Waals surface area contributed by atoms with E-state index in [4.69, 9.17) is 0 Å². The Morgan fingerprint density at radius 2 is 0.783 bits per heavy atom. The van der Waals surface area contributed by atoms with Gasteiger partial charge < -0.3 is 19.3 Å². The molecule has 60 heavy (non-hydrogen) atoms. The molecule has 4 heteroatoms. The maximum Gasteiger partial charge on any atom is 0.0510 e. The van der Waals surface area contributed by atoms with Gasteiger partial charge in [-0.2, -0.15) is 0 Å². The van der Waals surface area contributed by atoms with E-state index >= 15 is 0 Å². The first-order chi connectivity index (χ1) is 28.8. The van der Waals surface area contributed by atoms with Gasteiger partial charge in [0.25, 0.3) is 0 Å². The summed E-state index contributed by atoms with van der Waals surface area (Å²) in [5.41, 5.74) is 24.4. The molecule has 9 aromatic rings. The lowest BCUT2D eigenvalue weighted by atomic mass is 9.89. The standard InChI is InChI=1S/C56H52N4/c1-33-18-34(2)23-43(22-33)59(44-24-35(3)19-36(4)25-44)41-14-16-47-50-32-54-55(49-12-11-13-51(56(49)50)57(9)52(47)30-41)48-17-15-42(31-53(48)58(54)10)60(45-26-37(5)20-38(6)27-45)46-28-39(7)21-40(8)29-46/h11-32H,1-10H3. The van der Waals surface area contributed by atoms with Crippen molar-refractivity contribution in [3.05, 3.63) is 178 Å². The summed E-state index contributed by atoms with van der Waals surface area (Å²) in [5.74, 6) is 0. The molecule has 2 heterocycles. The third-order valence-corrected chi connectivity index (χ3v) is 12.5. The molecule has 0 atom stereocenters. The molecule has 8 aromatic carbocycles. The van der Waals surface area contributed by atoms with E-state index < -0.39 is 0 Å². The lowest BCUT2D eigenvalue weighted by molar-refractivity contribution is 1.01. The smallest absolute Gasteiger partial charge is 0.0510 e. The van der Waals surface area contributed by atoms with Gasteiger partial charge in [-0.3, -0.25) is 0 Å². The molecule has 0 aliphatic carbocycles. The molecular weight excluding hydrogens is 729 g/mol. The largest absolute Gasteiger partial charge is 0.344 e.